The molecule has 5 rings (SSSR count). The third-order valence-corrected chi connectivity index (χ3v) is 9.13. The van der Waals surface area contributed by atoms with Crippen LogP contribution in [-0.2, 0) is 14.6 Å². The fraction of sp³-hybridized carbons (Fsp3) is 0.400. The number of hydrogen-bond acceptors (Lipinski definition) is 7. The summed E-state index contributed by atoms with van der Waals surface area (Å²) in [5.41, 5.74) is 1.73. The lowest BCUT2D eigenvalue weighted by atomic mass is 10.1. The molecule has 1 saturated carbocycles. The summed E-state index contributed by atoms with van der Waals surface area (Å²) in [6.07, 6.45) is 4.61. The van der Waals surface area contributed by atoms with Crippen LogP contribution in [0.4, 0.5) is 11.5 Å². The van der Waals surface area contributed by atoms with Crippen LogP contribution in [0.3, 0.4) is 0 Å². The van der Waals surface area contributed by atoms with Crippen molar-refractivity contribution in [2.24, 2.45) is 0 Å². The Kier molecular flexibility index (Phi) is 6.74. The van der Waals surface area contributed by atoms with Gasteiger partial charge in [-0.3, -0.25) is 4.79 Å². The summed E-state index contributed by atoms with van der Waals surface area (Å²) >= 11 is 1.31. The van der Waals surface area contributed by atoms with Crippen LogP contribution < -0.4 is 5.32 Å². The summed E-state index contributed by atoms with van der Waals surface area (Å²) in [5, 5.41) is 4.80. The van der Waals surface area contributed by atoms with Crippen molar-refractivity contribution in [3.05, 3.63) is 54.6 Å². The molecule has 0 radical (unpaired) electrons. The lowest BCUT2D eigenvalue weighted by molar-refractivity contribution is -0.132. The van der Waals surface area contributed by atoms with Gasteiger partial charge in [0.1, 0.15) is 5.82 Å². The second-order valence-corrected chi connectivity index (χ2v) is 12.1. The molecule has 1 amide bonds. The highest BCUT2D eigenvalue weighted by atomic mass is 32.2. The lowest BCUT2D eigenvalue weighted by Crippen LogP contribution is -2.47. The van der Waals surface area contributed by atoms with Crippen molar-refractivity contribution in [1.82, 2.24) is 14.9 Å². The molecule has 2 fully saturated rings. The van der Waals surface area contributed by atoms with Crippen LogP contribution in [0.5, 0.6) is 0 Å². The van der Waals surface area contributed by atoms with Crippen LogP contribution in [0.1, 0.15) is 32.1 Å². The number of carbonyl (C=O) groups is 1. The molecule has 1 atom stereocenters. The molecule has 0 bridgehead atoms. The number of para-hydroxylation sites is 2. The maximum atomic E-state index is 13.4. The van der Waals surface area contributed by atoms with Gasteiger partial charge in [0.15, 0.2) is 15.0 Å². The Bertz CT molecular complexity index is 1280. The molecular weight excluding hydrogens is 468 g/mol. The minimum atomic E-state index is -3.06. The quantitative estimate of drug-likeness (QED) is 0.382. The molecule has 1 N–H and O–H groups in total. The molecule has 9 heteroatoms. The largest absolute Gasteiger partial charge is 0.340 e. The number of thioether (sulfide) groups is 1. The van der Waals surface area contributed by atoms with Crippen LogP contribution in [0.2, 0.25) is 0 Å². The number of nitrogens with one attached hydrogen (secondary N) is 1. The number of anilines is 2. The van der Waals surface area contributed by atoms with E-state index >= 15 is 0 Å². The Balaban J connectivity index is 1.36. The normalized spacial score (nSPS) is 19.9. The monoisotopic (exact) mass is 496 g/mol. The summed E-state index contributed by atoms with van der Waals surface area (Å²) in [6, 6.07) is 17.6. The Morgan fingerprint density at radius 3 is 2.44 bits per heavy atom. The van der Waals surface area contributed by atoms with Crippen molar-refractivity contribution in [3.63, 3.8) is 0 Å². The standard InChI is InChI=1S/C25H28N4O3S2/c30-23(29(19-10-4-5-11-19)20-14-15-34(31,32)17-20)16-33-25-27-22-13-7-6-12-21(22)24(28-25)26-18-8-2-1-3-9-18/h1-3,6-9,12-13,19-20H,4-5,10-11,14-17H2,(H,26,27,28)/t20-/m0/s1. The van der Waals surface area contributed by atoms with Gasteiger partial charge in [-0.15, -0.1) is 0 Å². The first-order chi connectivity index (χ1) is 16.5. The maximum absolute atomic E-state index is 13.4. The van der Waals surface area contributed by atoms with E-state index < -0.39 is 9.84 Å². The van der Waals surface area contributed by atoms with Gasteiger partial charge in [0.2, 0.25) is 5.91 Å². The number of hydrogen-bond donors (Lipinski definition) is 1. The number of rotatable bonds is 7. The van der Waals surface area contributed by atoms with Crippen LogP contribution >= 0.6 is 11.8 Å². The molecule has 3 aromatic rings. The Morgan fingerprint density at radius 2 is 1.71 bits per heavy atom. The summed E-state index contributed by atoms with van der Waals surface area (Å²) < 4.78 is 24.2. The SMILES string of the molecule is O=C(CSc1nc(Nc2ccccc2)c2ccccc2n1)N(C1CCCC1)[C@H]1CCS(=O)(=O)C1. The first-order valence-corrected chi connectivity index (χ1v) is 14.5. The topological polar surface area (TPSA) is 92.3 Å². The highest BCUT2D eigenvalue weighted by Gasteiger charge is 2.38. The van der Waals surface area contributed by atoms with E-state index in [0.717, 1.165) is 42.3 Å². The van der Waals surface area contributed by atoms with E-state index in [4.69, 9.17) is 4.98 Å². The molecule has 2 aliphatic rings. The summed E-state index contributed by atoms with van der Waals surface area (Å²) in [5.74, 6) is 1.12. The van der Waals surface area contributed by atoms with E-state index in [-0.39, 0.29) is 35.2 Å². The molecule has 1 aromatic heterocycles. The van der Waals surface area contributed by atoms with Gasteiger partial charge in [-0.2, -0.15) is 0 Å². The van der Waals surface area contributed by atoms with Crippen molar-refractivity contribution in [2.45, 2.75) is 49.3 Å². The molecule has 2 aromatic carbocycles. The van der Waals surface area contributed by atoms with Crippen molar-refractivity contribution in [3.8, 4) is 0 Å². The number of carbonyl (C=O) groups excluding carboxylic acids is 1. The molecule has 1 aliphatic carbocycles. The third kappa shape index (κ3) is 5.20. The number of aromatic nitrogens is 2. The fourth-order valence-electron chi connectivity index (χ4n) is 4.96. The minimum absolute atomic E-state index is 0.0201. The zero-order chi connectivity index (χ0) is 23.5. The van der Waals surface area contributed by atoms with Gasteiger partial charge in [-0.1, -0.05) is 54.9 Å². The van der Waals surface area contributed by atoms with Crippen LogP contribution in [0, 0.1) is 0 Å². The number of sulfone groups is 1. The molecule has 2 heterocycles. The summed E-state index contributed by atoms with van der Waals surface area (Å²) in [7, 11) is -3.06. The highest BCUT2D eigenvalue weighted by Crippen LogP contribution is 2.31. The fourth-order valence-corrected chi connectivity index (χ4v) is 7.39. The Labute approximate surface area is 204 Å². The van der Waals surface area contributed by atoms with E-state index in [0.29, 0.717) is 17.4 Å². The smallest absolute Gasteiger partial charge is 0.233 e. The number of fused-ring (bicyclic) bond motifs is 1. The summed E-state index contributed by atoms with van der Waals surface area (Å²) in [4.78, 5) is 24.7. The number of amides is 1. The average molecular weight is 497 g/mol. The van der Waals surface area contributed by atoms with E-state index in [1.54, 1.807) is 0 Å². The second-order valence-electron chi connectivity index (χ2n) is 8.95. The van der Waals surface area contributed by atoms with Crippen LogP contribution in [0.15, 0.2) is 59.8 Å². The van der Waals surface area contributed by atoms with Crippen LogP contribution in [0.25, 0.3) is 10.9 Å². The van der Waals surface area contributed by atoms with Crippen molar-refractivity contribution < 1.29 is 13.2 Å². The average Bonchev–Trinajstić information content (AvgIpc) is 3.48. The first-order valence-electron chi connectivity index (χ1n) is 11.7. The van der Waals surface area contributed by atoms with Crippen molar-refractivity contribution in [2.75, 3.05) is 22.6 Å². The molecule has 0 spiro atoms. The lowest BCUT2D eigenvalue weighted by Gasteiger charge is -2.34. The minimum Gasteiger partial charge on any atom is -0.340 e. The molecule has 1 aliphatic heterocycles. The molecule has 1 saturated heterocycles. The number of nitrogens with zero attached hydrogens (tertiary/aromatic N) is 3. The number of benzene rings is 2. The van der Waals surface area contributed by atoms with Gasteiger partial charge in [0, 0.05) is 23.2 Å². The zero-order valence-corrected chi connectivity index (χ0v) is 20.5. The van der Waals surface area contributed by atoms with E-state index in [1.165, 1.54) is 11.8 Å². The first kappa shape index (κ1) is 23.1. The van der Waals surface area contributed by atoms with Gasteiger partial charge >= 0.3 is 0 Å². The molecule has 34 heavy (non-hydrogen) atoms. The predicted molar refractivity (Wildman–Crippen MR) is 136 cm³/mol. The van der Waals surface area contributed by atoms with Crippen molar-refractivity contribution in [1.29, 1.82) is 0 Å². The third-order valence-electron chi connectivity index (χ3n) is 6.55. The zero-order valence-electron chi connectivity index (χ0n) is 18.9. The van der Waals surface area contributed by atoms with Crippen LogP contribution in [-0.4, -0.2) is 58.5 Å². The molecule has 0 unspecified atom stereocenters. The van der Waals surface area contributed by atoms with Gasteiger partial charge in [0.25, 0.3) is 0 Å². The van der Waals surface area contributed by atoms with Gasteiger partial charge in [-0.05, 0) is 43.5 Å². The Hall–Kier alpha value is -2.65. The second kappa shape index (κ2) is 9.92. The Morgan fingerprint density at radius 1 is 0.971 bits per heavy atom. The van der Waals surface area contributed by atoms with E-state index in [1.807, 2.05) is 59.5 Å². The van der Waals surface area contributed by atoms with Gasteiger partial charge in [-0.25, -0.2) is 18.4 Å². The highest BCUT2D eigenvalue weighted by molar-refractivity contribution is 7.99. The van der Waals surface area contributed by atoms with Gasteiger partial charge < -0.3 is 10.2 Å². The maximum Gasteiger partial charge on any atom is 0.233 e. The van der Waals surface area contributed by atoms with Crippen molar-refractivity contribution >= 4 is 49.9 Å². The van der Waals surface area contributed by atoms with Gasteiger partial charge in [0.05, 0.1) is 22.8 Å². The summed E-state index contributed by atoms with van der Waals surface area (Å²) in [6.45, 7) is 0. The molecule has 7 nitrogen and oxygen atoms in total. The molecule has 178 valence electrons. The van der Waals surface area contributed by atoms with E-state index in [9.17, 15) is 13.2 Å². The molecular formula is C25H28N4O3S2. The van der Waals surface area contributed by atoms with E-state index in [2.05, 4.69) is 10.3 Å². The predicted octanol–water partition coefficient (Wildman–Crippen LogP) is 4.42.